The van der Waals surface area contributed by atoms with Gasteiger partial charge in [-0.3, -0.25) is 19.8 Å². The zero-order chi connectivity index (χ0) is 21.4. The zero-order valence-corrected chi connectivity index (χ0v) is 17.0. The van der Waals surface area contributed by atoms with E-state index in [-0.39, 0.29) is 5.91 Å². The van der Waals surface area contributed by atoms with Crippen LogP contribution in [0.1, 0.15) is 28.0 Å². The van der Waals surface area contributed by atoms with E-state index in [9.17, 15) is 14.4 Å². The van der Waals surface area contributed by atoms with E-state index in [1.54, 1.807) is 46.6 Å². The molecular formula is C22H15FN6OS. The predicted octanol–water partition coefficient (Wildman–Crippen LogP) is 4.28. The monoisotopic (exact) mass is 430 g/mol. The third-order valence-electron chi connectivity index (χ3n) is 5.09. The molecule has 1 aliphatic heterocycles. The van der Waals surface area contributed by atoms with Crippen LogP contribution in [0.15, 0.2) is 48.0 Å². The van der Waals surface area contributed by atoms with E-state index >= 15 is 0 Å². The quantitative estimate of drug-likeness (QED) is 0.521. The Balaban J connectivity index is 1.49. The maximum Gasteiger partial charge on any atom is 0.261 e. The van der Waals surface area contributed by atoms with Crippen LogP contribution in [0.5, 0.6) is 0 Å². The zero-order valence-electron chi connectivity index (χ0n) is 16.2. The molecule has 0 spiro atoms. The number of carbonyl (C=O) groups excluding carboxylic acids is 1. The molecule has 0 unspecified atom stereocenters. The van der Waals surface area contributed by atoms with E-state index < -0.39 is 5.82 Å². The van der Waals surface area contributed by atoms with Gasteiger partial charge in [-0.15, -0.1) is 11.3 Å². The fourth-order valence-electron chi connectivity index (χ4n) is 3.71. The maximum absolute atomic E-state index is 14.4. The summed E-state index contributed by atoms with van der Waals surface area (Å²) in [5.74, 6) is -0.812. The summed E-state index contributed by atoms with van der Waals surface area (Å²) < 4.78 is 16.2. The summed E-state index contributed by atoms with van der Waals surface area (Å²) in [6.07, 6.45) is 3.18. The Morgan fingerprint density at radius 3 is 2.94 bits per heavy atom. The fraction of sp³-hybridized carbons (Fsp3) is 0.136. The summed E-state index contributed by atoms with van der Waals surface area (Å²) in [6, 6.07) is 11.7. The highest BCUT2D eigenvalue weighted by molar-refractivity contribution is 7.14. The summed E-state index contributed by atoms with van der Waals surface area (Å²) in [6.45, 7) is 0.697. The number of thiazole rings is 1. The van der Waals surface area contributed by atoms with Crippen molar-refractivity contribution in [3.63, 3.8) is 0 Å². The Bertz CT molecular complexity index is 1350. The Labute approximate surface area is 180 Å². The Morgan fingerprint density at radius 1 is 1.23 bits per heavy atom. The number of anilines is 1. The molecule has 0 atom stereocenters. The molecule has 9 heteroatoms. The molecule has 0 saturated heterocycles. The second kappa shape index (κ2) is 7.74. The van der Waals surface area contributed by atoms with Crippen molar-refractivity contribution in [1.82, 2.24) is 19.7 Å². The van der Waals surface area contributed by atoms with Crippen LogP contribution >= 0.6 is 11.3 Å². The first-order chi connectivity index (χ1) is 15.2. The van der Waals surface area contributed by atoms with Crippen LogP contribution < -0.4 is 5.32 Å². The molecule has 1 aliphatic rings. The minimum absolute atomic E-state index is 0.293. The van der Waals surface area contributed by atoms with Crippen molar-refractivity contribution in [3.8, 4) is 28.7 Å². The average Bonchev–Trinajstić information content (AvgIpc) is 3.50. The van der Waals surface area contributed by atoms with Gasteiger partial charge in [0.1, 0.15) is 29.0 Å². The minimum atomic E-state index is -0.427. The molecule has 152 valence electrons. The van der Waals surface area contributed by atoms with Crippen molar-refractivity contribution in [3.05, 3.63) is 70.6 Å². The van der Waals surface area contributed by atoms with Crippen molar-refractivity contribution in [1.29, 1.82) is 5.26 Å². The van der Waals surface area contributed by atoms with Crippen molar-refractivity contribution >= 4 is 22.4 Å². The van der Waals surface area contributed by atoms with E-state index in [2.05, 4.69) is 26.5 Å². The molecule has 1 amide bonds. The number of hydrogen-bond donors (Lipinski definition) is 1. The molecule has 7 nitrogen and oxygen atoms in total. The number of pyridine rings is 1. The number of rotatable bonds is 4. The van der Waals surface area contributed by atoms with Crippen LogP contribution in [0, 0.1) is 17.1 Å². The number of carbonyl (C=O) groups is 1. The van der Waals surface area contributed by atoms with Gasteiger partial charge in [0.15, 0.2) is 5.13 Å². The molecule has 31 heavy (non-hydrogen) atoms. The smallest absolute Gasteiger partial charge is 0.261 e. The summed E-state index contributed by atoms with van der Waals surface area (Å²) >= 11 is 1.23. The Kier molecular flexibility index (Phi) is 4.76. The van der Waals surface area contributed by atoms with Crippen molar-refractivity contribution < 1.29 is 9.18 Å². The van der Waals surface area contributed by atoms with Gasteiger partial charge in [0.25, 0.3) is 5.91 Å². The number of benzene rings is 1. The van der Waals surface area contributed by atoms with Gasteiger partial charge in [0.05, 0.1) is 16.8 Å². The largest absolute Gasteiger partial charge is 0.298 e. The molecule has 0 bridgehead atoms. The summed E-state index contributed by atoms with van der Waals surface area (Å²) in [5, 5.41) is 18.7. The number of aromatic nitrogens is 4. The third kappa shape index (κ3) is 3.37. The predicted molar refractivity (Wildman–Crippen MR) is 114 cm³/mol. The second-order valence-corrected chi connectivity index (χ2v) is 7.84. The number of amides is 1. The number of nitrogens with one attached hydrogen (secondary N) is 1. The lowest BCUT2D eigenvalue weighted by Crippen LogP contribution is -2.14. The SMILES string of the molecule is N#Cc1cccnc1-c1csc(NC(=O)c2c(-c3ccccc3F)nn3c2CCC3)n1. The molecule has 5 rings (SSSR count). The van der Waals surface area contributed by atoms with E-state index in [0.717, 1.165) is 12.1 Å². The maximum atomic E-state index is 14.4. The highest BCUT2D eigenvalue weighted by Gasteiger charge is 2.29. The molecule has 0 radical (unpaired) electrons. The van der Waals surface area contributed by atoms with E-state index in [0.29, 0.717) is 51.9 Å². The molecule has 0 fully saturated rings. The summed E-state index contributed by atoms with van der Waals surface area (Å²) in [5.41, 5.74) is 3.16. The topological polar surface area (TPSA) is 96.5 Å². The molecule has 0 aliphatic carbocycles. The fourth-order valence-corrected chi connectivity index (χ4v) is 4.40. The lowest BCUT2D eigenvalue weighted by Gasteiger charge is -2.06. The number of aryl methyl sites for hydroxylation is 1. The van der Waals surface area contributed by atoms with Crippen LogP contribution in [0.2, 0.25) is 0 Å². The van der Waals surface area contributed by atoms with Gasteiger partial charge in [0.2, 0.25) is 0 Å². The molecule has 4 aromatic rings. The van der Waals surface area contributed by atoms with E-state index in [1.165, 1.54) is 17.4 Å². The van der Waals surface area contributed by atoms with E-state index in [4.69, 9.17) is 0 Å². The van der Waals surface area contributed by atoms with Crippen LogP contribution in [-0.2, 0) is 13.0 Å². The van der Waals surface area contributed by atoms with Crippen molar-refractivity contribution in [2.75, 3.05) is 5.32 Å². The third-order valence-corrected chi connectivity index (χ3v) is 5.85. The van der Waals surface area contributed by atoms with Crippen LogP contribution in [0.4, 0.5) is 9.52 Å². The normalized spacial score (nSPS) is 12.4. The number of hydrogen-bond acceptors (Lipinski definition) is 6. The molecule has 1 aromatic carbocycles. The highest BCUT2D eigenvalue weighted by Crippen LogP contribution is 2.32. The number of nitriles is 1. The van der Waals surface area contributed by atoms with Gasteiger partial charge in [-0.2, -0.15) is 10.4 Å². The lowest BCUT2D eigenvalue weighted by molar-refractivity contribution is 0.102. The summed E-state index contributed by atoms with van der Waals surface area (Å²) in [7, 11) is 0. The first kappa shape index (κ1) is 19.1. The van der Waals surface area contributed by atoms with Crippen LogP contribution in [0.3, 0.4) is 0 Å². The van der Waals surface area contributed by atoms with Gasteiger partial charge >= 0.3 is 0 Å². The second-order valence-electron chi connectivity index (χ2n) is 6.98. The number of nitrogens with zero attached hydrogens (tertiary/aromatic N) is 5. The average molecular weight is 430 g/mol. The van der Waals surface area contributed by atoms with E-state index in [1.807, 2.05) is 0 Å². The van der Waals surface area contributed by atoms with Gasteiger partial charge in [-0.25, -0.2) is 9.37 Å². The van der Waals surface area contributed by atoms with Crippen molar-refractivity contribution in [2.45, 2.75) is 19.4 Å². The molecule has 0 saturated carbocycles. The molecule has 4 heterocycles. The first-order valence-electron chi connectivity index (χ1n) is 9.62. The van der Waals surface area contributed by atoms with Gasteiger partial charge in [-0.05, 0) is 37.1 Å². The van der Waals surface area contributed by atoms with Crippen molar-refractivity contribution in [2.24, 2.45) is 0 Å². The standard InChI is InChI=1S/C22H15FN6OS/c23-15-7-2-1-6-14(15)20-18(17-8-4-10-29(17)28-20)21(30)27-22-26-16(12-31-22)19-13(11-24)5-3-9-25-19/h1-3,5-7,9,12H,4,8,10H2,(H,26,27,30). The van der Waals surface area contributed by atoms with Gasteiger partial charge < -0.3 is 0 Å². The van der Waals surface area contributed by atoms with Gasteiger partial charge in [-0.1, -0.05) is 12.1 Å². The first-order valence-corrected chi connectivity index (χ1v) is 10.5. The molecule has 3 aromatic heterocycles. The minimum Gasteiger partial charge on any atom is -0.298 e. The number of fused-ring (bicyclic) bond motifs is 1. The number of halogens is 1. The highest BCUT2D eigenvalue weighted by atomic mass is 32.1. The molecular weight excluding hydrogens is 415 g/mol. The van der Waals surface area contributed by atoms with Crippen LogP contribution in [0.25, 0.3) is 22.6 Å². The van der Waals surface area contributed by atoms with Crippen LogP contribution in [-0.4, -0.2) is 25.7 Å². The summed E-state index contributed by atoms with van der Waals surface area (Å²) in [4.78, 5) is 21.9. The Morgan fingerprint density at radius 2 is 2.10 bits per heavy atom. The Hall–Kier alpha value is -3.90. The molecule has 1 N–H and O–H groups in total. The van der Waals surface area contributed by atoms with Gasteiger partial charge in [0, 0.05) is 23.7 Å². The lowest BCUT2D eigenvalue weighted by atomic mass is 10.0.